The number of aliphatic carboxylic acids is 1. The quantitative estimate of drug-likeness (QED) is 0.869. The number of halogens is 1. The van der Waals surface area contributed by atoms with Crippen LogP contribution in [0.1, 0.15) is 29.9 Å². The number of piperidine rings is 1. The number of rotatable bonds is 5. The van der Waals surface area contributed by atoms with Crippen LogP contribution in [0.25, 0.3) is 0 Å². The molecule has 5 nitrogen and oxygen atoms in total. The van der Waals surface area contributed by atoms with Gasteiger partial charge in [-0.25, -0.2) is 12.8 Å². The van der Waals surface area contributed by atoms with Crippen molar-refractivity contribution in [2.75, 3.05) is 13.1 Å². The summed E-state index contributed by atoms with van der Waals surface area (Å²) in [4.78, 5) is 11.0. The lowest BCUT2D eigenvalue weighted by molar-refractivity contribution is -0.136. The molecule has 138 valence electrons. The van der Waals surface area contributed by atoms with E-state index in [2.05, 4.69) is 0 Å². The van der Waals surface area contributed by atoms with E-state index in [0.717, 1.165) is 24.1 Å². The normalized spacial score (nSPS) is 18.6. The van der Waals surface area contributed by atoms with Gasteiger partial charge in [0.25, 0.3) is 0 Å². The molecule has 7 heteroatoms. The zero-order valence-corrected chi connectivity index (χ0v) is 15.0. The van der Waals surface area contributed by atoms with E-state index >= 15 is 0 Å². The Labute approximate surface area is 152 Å². The molecule has 0 unspecified atom stereocenters. The van der Waals surface area contributed by atoms with Gasteiger partial charge in [-0.2, -0.15) is 4.31 Å². The van der Waals surface area contributed by atoms with Gasteiger partial charge in [0.05, 0.1) is 11.3 Å². The maximum atomic E-state index is 13.1. The first-order chi connectivity index (χ1) is 12.4. The second-order valence-electron chi connectivity index (χ2n) is 6.47. The Morgan fingerprint density at radius 1 is 1.19 bits per heavy atom. The Balaban J connectivity index is 1.81. The minimum Gasteiger partial charge on any atom is -0.481 e. The molecule has 26 heavy (non-hydrogen) atoms. The van der Waals surface area contributed by atoms with Crippen LogP contribution in [0, 0.1) is 5.82 Å². The van der Waals surface area contributed by atoms with E-state index in [4.69, 9.17) is 5.11 Å². The van der Waals surface area contributed by atoms with Gasteiger partial charge in [-0.15, -0.1) is 0 Å². The molecule has 1 fully saturated rings. The molecule has 0 bridgehead atoms. The minimum atomic E-state index is -3.68. The lowest BCUT2D eigenvalue weighted by atomic mass is 9.90. The van der Waals surface area contributed by atoms with E-state index in [1.54, 1.807) is 12.1 Å². The monoisotopic (exact) mass is 377 g/mol. The van der Waals surface area contributed by atoms with Gasteiger partial charge in [0.15, 0.2) is 0 Å². The number of hydrogen-bond donors (Lipinski definition) is 1. The molecule has 1 N–H and O–H groups in total. The standard InChI is InChI=1S/C19H20FNO4S/c20-17-6-8-18(9-7-17)26(24,25)21-10-2-5-16(13-21)15-4-1-3-14(11-15)12-19(22)23/h1,3-4,6-9,11,16H,2,5,10,12-13H2,(H,22,23)/t16-/m1/s1. The smallest absolute Gasteiger partial charge is 0.307 e. The summed E-state index contributed by atoms with van der Waals surface area (Å²) in [5.41, 5.74) is 1.65. The lowest BCUT2D eigenvalue weighted by Gasteiger charge is -2.32. The van der Waals surface area contributed by atoms with Crippen LogP contribution in [0.15, 0.2) is 53.4 Å². The fourth-order valence-electron chi connectivity index (χ4n) is 3.32. The molecule has 2 aromatic rings. The van der Waals surface area contributed by atoms with Crippen LogP contribution in [0.2, 0.25) is 0 Å². The molecule has 0 saturated carbocycles. The van der Waals surface area contributed by atoms with Crippen molar-refractivity contribution in [1.29, 1.82) is 0 Å². The van der Waals surface area contributed by atoms with Crippen molar-refractivity contribution in [3.8, 4) is 0 Å². The molecule has 1 aliphatic rings. The van der Waals surface area contributed by atoms with Crippen molar-refractivity contribution in [3.05, 3.63) is 65.5 Å². The van der Waals surface area contributed by atoms with E-state index in [9.17, 15) is 17.6 Å². The minimum absolute atomic E-state index is 0.00715. The first kappa shape index (κ1) is 18.5. The topological polar surface area (TPSA) is 74.7 Å². The first-order valence-corrected chi connectivity index (χ1v) is 9.86. The van der Waals surface area contributed by atoms with E-state index < -0.39 is 21.8 Å². The Bertz CT molecular complexity index is 896. The largest absolute Gasteiger partial charge is 0.481 e. The summed E-state index contributed by atoms with van der Waals surface area (Å²) < 4.78 is 40.1. The second-order valence-corrected chi connectivity index (χ2v) is 8.41. The van der Waals surface area contributed by atoms with Crippen LogP contribution in [-0.2, 0) is 21.2 Å². The lowest BCUT2D eigenvalue weighted by Crippen LogP contribution is -2.39. The predicted octanol–water partition coefficient (Wildman–Crippen LogP) is 3.02. The van der Waals surface area contributed by atoms with Crippen LogP contribution < -0.4 is 0 Å². The van der Waals surface area contributed by atoms with E-state index in [-0.39, 0.29) is 17.2 Å². The van der Waals surface area contributed by atoms with Crippen molar-refractivity contribution in [1.82, 2.24) is 4.31 Å². The van der Waals surface area contributed by atoms with Gasteiger partial charge >= 0.3 is 5.97 Å². The Hall–Kier alpha value is -2.25. The number of hydrogen-bond acceptors (Lipinski definition) is 3. The van der Waals surface area contributed by atoms with Crippen molar-refractivity contribution in [2.45, 2.75) is 30.1 Å². The van der Waals surface area contributed by atoms with Gasteiger partial charge in [0.1, 0.15) is 5.82 Å². The summed E-state index contributed by atoms with van der Waals surface area (Å²) in [6.45, 7) is 0.751. The van der Waals surface area contributed by atoms with Gasteiger partial charge in [0.2, 0.25) is 10.0 Å². The zero-order valence-electron chi connectivity index (χ0n) is 14.1. The van der Waals surface area contributed by atoms with Gasteiger partial charge in [-0.05, 0) is 54.2 Å². The summed E-state index contributed by atoms with van der Waals surface area (Å²) in [5, 5.41) is 8.95. The Morgan fingerprint density at radius 2 is 1.92 bits per heavy atom. The van der Waals surface area contributed by atoms with Crippen molar-refractivity contribution in [3.63, 3.8) is 0 Å². The average molecular weight is 377 g/mol. The summed E-state index contributed by atoms with van der Waals surface area (Å²) >= 11 is 0. The van der Waals surface area contributed by atoms with Gasteiger partial charge in [-0.3, -0.25) is 4.79 Å². The summed E-state index contributed by atoms with van der Waals surface area (Å²) in [6, 6.07) is 12.2. The highest BCUT2D eigenvalue weighted by atomic mass is 32.2. The van der Waals surface area contributed by atoms with Crippen LogP contribution in [0.3, 0.4) is 0 Å². The first-order valence-electron chi connectivity index (χ1n) is 8.42. The third-order valence-corrected chi connectivity index (χ3v) is 6.49. The molecule has 1 heterocycles. The van der Waals surface area contributed by atoms with E-state index in [0.29, 0.717) is 25.1 Å². The van der Waals surface area contributed by atoms with Gasteiger partial charge < -0.3 is 5.11 Å². The van der Waals surface area contributed by atoms with Crippen LogP contribution >= 0.6 is 0 Å². The highest BCUT2D eigenvalue weighted by Gasteiger charge is 2.31. The number of carbonyl (C=O) groups is 1. The van der Waals surface area contributed by atoms with E-state index in [1.807, 2.05) is 12.1 Å². The molecule has 2 aromatic carbocycles. The molecule has 1 aliphatic heterocycles. The number of carboxylic acids is 1. The maximum Gasteiger partial charge on any atom is 0.307 e. The highest BCUT2D eigenvalue weighted by molar-refractivity contribution is 7.89. The van der Waals surface area contributed by atoms with Gasteiger partial charge in [-0.1, -0.05) is 24.3 Å². The Kier molecular flexibility index (Phi) is 5.38. The number of sulfonamides is 1. The van der Waals surface area contributed by atoms with Gasteiger partial charge in [0, 0.05) is 13.1 Å². The summed E-state index contributed by atoms with van der Waals surface area (Å²) in [6.07, 6.45) is 1.50. The number of nitrogens with zero attached hydrogens (tertiary/aromatic N) is 1. The molecule has 1 saturated heterocycles. The Morgan fingerprint density at radius 3 is 2.62 bits per heavy atom. The summed E-state index contributed by atoms with van der Waals surface area (Å²) in [7, 11) is -3.68. The molecule has 1 atom stereocenters. The SMILES string of the molecule is O=C(O)Cc1cccc([C@@H]2CCCN(S(=O)(=O)c3ccc(F)cc3)C2)c1. The molecule has 0 amide bonds. The van der Waals surface area contributed by atoms with Crippen molar-refractivity contribution >= 4 is 16.0 Å². The molecule has 3 rings (SSSR count). The fourth-order valence-corrected chi connectivity index (χ4v) is 4.84. The van der Waals surface area contributed by atoms with Crippen molar-refractivity contribution in [2.24, 2.45) is 0 Å². The van der Waals surface area contributed by atoms with Crippen LogP contribution in [-0.4, -0.2) is 36.9 Å². The van der Waals surface area contributed by atoms with Crippen LogP contribution in [0.5, 0.6) is 0 Å². The van der Waals surface area contributed by atoms with Crippen LogP contribution in [0.4, 0.5) is 4.39 Å². The number of carboxylic acid groups (broad SMARTS) is 1. The summed E-state index contributed by atoms with van der Waals surface area (Å²) in [5.74, 6) is -1.37. The zero-order chi connectivity index (χ0) is 18.7. The molecule has 0 spiro atoms. The van der Waals surface area contributed by atoms with E-state index in [1.165, 1.54) is 16.4 Å². The maximum absolute atomic E-state index is 13.1. The third-order valence-electron chi connectivity index (χ3n) is 4.61. The number of benzene rings is 2. The second kappa shape index (κ2) is 7.55. The third kappa shape index (κ3) is 4.11. The highest BCUT2D eigenvalue weighted by Crippen LogP contribution is 2.30. The molecule has 0 aromatic heterocycles. The fraction of sp³-hybridized carbons (Fsp3) is 0.316. The predicted molar refractivity (Wildman–Crippen MR) is 94.9 cm³/mol. The molecular formula is C19H20FNO4S. The molecule has 0 radical (unpaired) electrons. The van der Waals surface area contributed by atoms with Crippen molar-refractivity contribution < 1.29 is 22.7 Å². The molecular weight excluding hydrogens is 357 g/mol. The average Bonchev–Trinajstić information content (AvgIpc) is 2.62. The molecule has 0 aliphatic carbocycles.